The number of rotatable bonds is 3. The molecule has 0 spiro atoms. The van der Waals surface area contributed by atoms with Crippen LogP contribution >= 0.6 is 0 Å². The maximum atomic E-state index is 6.33. The first kappa shape index (κ1) is 15.9. The third-order valence-corrected chi connectivity index (χ3v) is 4.99. The molecule has 0 saturated heterocycles. The molecule has 0 radical (unpaired) electrons. The van der Waals surface area contributed by atoms with E-state index in [0.717, 1.165) is 33.9 Å². The largest absolute Gasteiger partial charge is 0.497 e. The van der Waals surface area contributed by atoms with E-state index in [9.17, 15) is 0 Å². The Labute approximate surface area is 157 Å². The average Bonchev–Trinajstić information content (AvgIpc) is 3.19. The van der Waals surface area contributed by atoms with Crippen LogP contribution in [0.15, 0.2) is 79.1 Å². The Morgan fingerprint density at radius 1 is 1.00 bits per heavy atom. The molecule has 2 aliphatic rings. The summed E-state index contributed by atoms with van der Waals surface area (Å²) in [6.07, 6.45) is 5.60. The van der Waals surface area contributed by atoms with Gasteiger partial charge in [0.15, 0.2) is 6.23 Å². The molecule has 2 aromatic carbocycles. The van der Waals surface area contributed by atoms with Crippen LogP contribution < -0.4 is 14.9 Å². The van der Waals surface area contributed by atoms with E-state index in [-0.39, 0.29) is 12.3 Å². The first-order chi connectivity index (χ1) is 13.3. The van der Waals surface area contributed by atoms with Crippen LogP contribution in [-0.4, -0.2) is 17.1 Å². The Kier molecular flexibility index (Phi) is 3.80. The minimum absolute atomic E-state index is 0.0882. The molecule has 5 nitrogen and oxygen atoms in total. The van der Waals surface area contributed by atoms with Gasteiger partial charge in [-0.2, -0.15) is 5.01 Å². The highest BCUT2D eigenvalue weighted by atomic mass is 16.5. The van der Waals surface area contributed by atoms with Crippen LogP contribution in [0.25, 0.3) is 5.70 Å². The molecule has 2 unspecified atom stereocenters. The van der Waals surface area contributed by atoms with Crippen molar-refractivity contribution in [1.29, 1.82) is 0 Å². The maximum Gasteiger partial charge on any atom is 0.196 e. The molecule has 2 aliphatic heterocycles. The fraction of sp³-hybridized carbons (Fsp3) is 0.136. The zero-order valence-corrected chi connectivity index (χ0v) is 14.9. The molecule has 27 heavy (non-hydrogen) atoms. The summed E-state index contributed by atoms with van der Waals surface area (Å²) >= 11 is 0. The zero-order valence-electron chi connectivity index (χ0n) is 14.9. The van der Waals surface area contributed by atoms with Crippen molar-refractivity contribution in [3.63, 3.8) is 0 Å². The molecule has 0 amide bonds. The fourth-order valence-electron chi connectivity index (χ4n) is 3.63. The molecule has 1 aromatic heterocycles. The van der Waals surface area contributed by atoms with E-state index in [1.165, 1.54) is 0 Å². The summed E-state index contributed by atoms with van der Waals surface area (Å²) in [5.74, 6) is 1.76. The Morgan fingerprint density at radius 3 is 2.56 bits per heavy atom. The van der Waals surface area contributed by atoms with Gasteiger partial charge in [0.25, 0.3) is 0 Å². The van der Waals surface area contributed by atoms with Gasteiger partial charge < -0.3 is 14.9 Å². The molecule has 5 heteroatoms. The summed E-state index contributed by atoms with van der Waals surface area (Å²) in [5.41, 5.74) is 7.92. The minimum Gasteiger partial charge on any atom is -0.497 e. The number of methoxy groups -OCH3 is 1. The van der Waals surface area contributed by atoms with Crippen molar-refractivity contribution in [2.45, 2.75) is 12.3 Å². The average molecular weight is 357 g/mol. The van der Waals surface area contributed by atoms with Gasteiger partial charge in [-0.15, -0.1) is 0 Å². The first-order valence-corrected chi connectivity index (χ1v) is 8.90. The highest BCUT2D eigenvalue weighted by Crippen LogP contribution is 2.45. The number of benzene rings is 2. The second kappa shape index (κ2) is 6.45. The van der Waals surface area contributed by atoms with Gasteiger partial charge in [0.1, 0.15) is 11.5 Å². The van der Waals surface area contributed by atoms with E-state index in [1.807, 2.05) is 42.5 Å². The molecule has 0 aliphatic carbocycles. The minimum atomic E-state index is -0.236. The van der Waals surface area contributed by atoms with Crippen LogP contribution in [0.2, 0.25) is 0 Å². The highest BCUT2D eigenvalue weighted by molar-refractivity contribution is 5.68. The lowest BCUT2D eigenvalue weighted by Crippen LogP contribution is -2.43. The van der Waals surface area contributed by atoms with Gasteiger partial charge in [0.05, 0.1) is 18.8 Å². The number of nitrogens with zero attached hydrogens (tertiary/aromatic N) is 2. The number of nitrogens with one attached hydrogen (secondary N) is 1. The quantitative estimate of drug-likeness (QED) is 0.765. The second-order valence-electron chi connectivity index (χ2n) is 6.56. The van der Waals surface area contributed by atoms with E-state index in [4.69, 9.17) is 9.47 Å². The van der Waals surface area contributed by atoms with Crippen LogP contribution in [0.4, 0.5) is 0 Å². The standard InChI is InChI=1S/C22H19N3O2/c1-26-17-8-6-15(7-9-17)19-14-20-18-4-2-3-5-21(18)27-22(25(20)24-19)16-10-12-23-13-11-16/h2-14,20,22,24H,1H3. The topological polar surface area (TPSA) is 46.6 Å². The van der Waals surface area contributed by atoms with Gasteiger partial charge in [-0.25, -0.2) is 0 Å². The molecule has 0 bridgehead atoms. The first-order valence-electron chi connectivity index (χ1n) is 8.90. The number of ether oxygens (including phenoxy) is 2. The molecular weight excluding hydrogens is 338 g/mol. The molecule has 3 aromatic rings. The Bertz CT molecular complexity index is 986. The summed E-state index contributed by atoms with van der Waals surface area (Å²) in [5, 5.41) is 2.15. The molecule has 2 atom stereocenters. The lowest BCUT2D eigenvalue weighted by atomic mass is 10.0. The SMILES string of the molecule is COc1ccc(C2=CC3c4ccccc4OC(c4ccncc4)N3N2)cc1. The van der Waals surface area contributed by atoms with Gasteiger partial charge in [-0.3, -0.25) is 4.98 Å². The van der Waals surface area contributed by atoms with Crippen LogP contribution in [0.1, 0.15) is 29.0 Å². The molecule has 0 fully saturated rings. The molecule has 134 valence electrons. The third-order valence-electron chi connectivity index (χ3n) is 4.99. The number of pyridine rings is 1. The lowest BCUT2D eigenvalue weighted by Gasteiger charge is -2.38. The van der Waals surface area contributed by atoms with Crippen molar-refractivity contribution in [2.24, 2.45) is 0 Å². The Hall–Kier alpha value is -3.31. The van der Waals surface area contributed by atoms with Crippen molar-refractivity contribution in [2.75, 3.05) is 7.11 Å². The van der Waals surface area contributed by atoms with Crippen LogP contribution in [0.3, 0.4) is 0 Å². The third kappa shape index (κ3) is 2.73. The van der Waals surface area contributed by atoms with Crippen molar-refractivity contribution in [3.8, 4) is 11.5 Å². The van der Waals surface area contributed by atoms with E-state index >= 15 is 0 Å². The number of hydrazine groups is 1. The van der Waals surface area contributed by atoms with Crippen molar-refractivity contribution < 1.29 is 9.47 Å². The van der Waals surface area contributed by atoms with Crippen LogP contribution in [-0.2, 0) is 0 Å². The number of para-hydroxylation sites is 1. The van der Waals surface area contributed by atoms with Gasteiger partial charge in [0.2, 0.25) is 0 Å². The molecule has 5 rings (SSSR count). The second-order valence-corrected chi connectivity index (χ2v) is 6.56. The number of hydrogen-bond donors (Lipinski definition) is 1. The van der Waals surface area contributed by atoms with Crippen LogP contribution in [0, 0.1) is 0 Å². The van der Waals surface area contributed by atoms with E-state index in [2.05, 4.69) is 39.7 Å². The summed E-state index contributed by atoms with van der Waals surface area (Å²) in [4.78, 5) is 4.13. The van der Waals surface area contributed by atoms with Gasteiger partial charge in [-0.1, -0.05) is 18.2 Å². The lowest BCUT2D eigenvalue weighted by molar-refractivity contribution is -0.0326. The Morgan fingerprint density at radius 2 is 1.78 bits per heavy atom. The van der Waals surface area contributed by atoms with Gasteiger partial charge >= 0.3 is 0 Å². The van der Waals surface area contributed by atoms with Gasteiger partial charge in [0, 0.05) is 23.5 Å². The van der Waals surface area contributed by atoms with E-state index < -0.39 is 0 Å². The normalized spacial score (nSPS) is 20.7. The van der Waals surface area contributed by atoms with Gasteiger partial charge in [-0.05, 0) is 54.1 Å². The summed E-state index contributed by atoms with van der Waals surface area (Å²) < 4.78 is 11.6. The monoisotopic (exact) mass is 357 g/mol. The van der Waals surface area contributed by atoms with E-state index in [0.29, 0.717) is 0 Å². The molecular formula is C22H19N3O2. The Balaban J connectivity index is 1.55. The zero-order chi connectivity index (χ0) is 18.2. The molecule has 1 N–H and O–H groups in total. The molecule has 0 saturated carbocycles. The highest BCUT2D eigenvalue weighted by Gasteiger charge is 2.39. The summed E-state index contributed by atoms with van der Waals surface area (Å²) in [6, 6.07) is 20.3. The fourth-order valence-corrected chi connectivity index (χ4v) is 3.63. The van der Waals surface area contributed by atoms with Crippen molar-refractivity contribution in [3.05, 3.63) is 95.8 Å². The number of aromatic nitrogens is 1. The maximum absolute atomic E-state index is 6.33. The van der Waals surface area contributed by atoms with Crippen LogP contribution in [0.5, 0.6) is 11.5 Å². The summed E-state index contributed by atoms with van der Waals surface area (Å²) in [7, 11) is 1.68. The molecule has 3 heterocycles. The number of fused-ring (bicyclic) bond motifs is 3. The van der Waals surface area contributed by atoms with E-state index in [1.54, 1.807) is 19.5 Å². The van der Waals surface area contributed by atoms with Crippen molar-refractivity contribution >= 4 is 5.70 Å². The number of hydrogen-bond acceptors (Lipinski definition) is 5. The van der Waals surface area contributed by atoms with Crippen molar-refractivity contribution in [1.82, 2.24) is 15.4 Å². The predicted molar refractivity (Wildman–Crippen MR) is 103 cm³/mol. The smallest absolute Gasteiger partial charge is 0.196 e. The summed E-state index contributed by atoms with van der Waals surface area (Å²) in [6.45, 7) is 0. The predicted octanol–water partition coefficient (Wildman–Crippen LogP) is 4.08.